The number of aryl methyl sites for hydroxylation is 3. The molecule has 0 bridgehead atoms. The zero-order valence-electron chi connectivity index (χ0n) is 13.5. The molecular weight excluding hydrogens is 246 g/mol. The van der Waals surface area contributed by atoms with Gasteiger partial charge in [-0.25, -0.2) is 0 Å². The van der Waals surface area contributed by atoms with E-state index in [9.17, 15) is 0 Å². The van der Waals surface area contributed by atoms with E-state index in [1.54, 1.807) is 0 Å². The van der Waals surface area contributed by atoms with E-state index in [2.05, 4.69) is 45.1 Å². The average molecular weight is 275 g/mol. The fraction of sp³-hybridized carbons (Fsp3) is 0.667. The van der Waals surface area contributed by atoms with Gasteiger partial charge >= 0.3 is 0 Å². The molecule has 1 N–H and O–H groups in total. The first-order chi connectivity index (χ1) is 9.56. The Morgan fingerprint density at radius 1 is 1.15 bits per heavy atom. The lowest BCUT2D eigenvalue weighted by Crippen LogP contribution is -2.36. The number of benzene rings is 1. The Kier molecular flexibility index (Phi) is 5.47. The highest BCUT2D eigenvalue weighted by Crippen LogP contribution is 2.25. The van der Waals surface area contributed by atoms with Crippen molar-refractivity contribution in [3.05, 3.63) is 28.8 Å². The molecule has 0 aromatic heterocycles. The van der Waals surface area contributed by atoms with Gasteiger partial charge in [-0.1, -0.05) is 37.5 Å². The second kappa shape index (κ2) is 7.12. The molecule has 0 heterocycles. The molecule has 1 fully saturated rings. The molecule has 1 aliphatic carbocycles. The van der Waals surface area contributed by atoms with Crippen molar-refractivity contribution in [1.29, 1.82) is 0 Å². The van der Waals surface area contributed by atoms with Crippen molar-refractivity contribution in [2.24, 2.45) is 5.92 Å². The predicted octanol–water partition coefficient (Wildman–Crippen LogP) is 4.16. The van der Waals surface area contributed by atoms with Crippen LogP contribution >= 0.6 is 0 Å². The van der Waals surface area contributed by atoms with Crippen molar-refractivity contribution >= 4 is 0 Å². The summed E-state index contributed by atoms with van der Waals surface area (Å²) in [6.45, 7) is 10.5. The number of hydrogen-bond donors (Lipinski definition) is 1. The van der Waals surface area contributed by atoms with Crippen molar-refractivity contribution in [1.82, 2.24) is 5.32 Å². The first-order valence-corrected chi connectivity index (χ1v) is 8.00. The van der Waals surface area contributed by atoms with Crippen LogP contribution in [0.5, 0.6) is 5.75 Å². The zero-order chi connectivity index (χ0) is 14.5. The molecule has 0 radical (unpaired) electrons. The highest BCUT2D eigenvalue weighted by molar-refractivity contribution is 5.42. The van der Waals surface area contributed by atoms with Crippen LogP contribution in [0.3, 0.4) is 0 Å². The monoisotopic (exact) mass is 275 g/mol. The second-order valence-corrected chi connectivity index (χ2v) is 6.50. The smallest absolute Gasteiger partial charge is 0.125 e. The average Bonchev–Trinajstić information content (AvgIpc) is 2.36. The molecule has 2 unspecified atom stereocenters. The molecule has 112 valence electrons. The Morgan fingerprint density at radius 2 is 1.85 bits per heavy atom. The zero-order valence-corrected chi connectivity index (χ0v) is 13.5. The number of rotatable bonds is 5. The van der Waals surface area contributed by atoms with Crippen molar-refractivity contribution in [2.75, 3.05) is 13.2 Å². The summed E-state index contributed by atoms with van der Waals surface area (Å²) in [6, 6.07) is 5.08. The Bertz CT molecular complexity index is 418. The van der Waals surface area contributed by atoms with Gasteiger partial charge in [0, 0.05) is 12.6 Å². The molecule has 2 rings (SSSR count). The molecule has 0 spiro atoms. The van der Waals surface area contributed by atoms with Crippen LogP contribution in [-0.2, 0) is 0 Å². The third-order valence-electron chi connectivity index (χ3n) is 4.32. The van der Waals surface area contributed by atoms with Crippen molar-refractivity contribution in [3.63, 3.8) is 0 Å². The highest BCUT2D eigenvalue weighted by Gasteiger charge is 2.17. The molecule has 0 aliphatic heterocycles. The van der Waals surface area contributed by atoms with Crippen LogP contribution in [0.1, 0.15) is 49.3 Å². The summed E-state index contributed by atoms with van der Waals surface area (Å²) < 4.78 is 5.98. The van der Waals surface area contributed by atoms with E-state index in [0.29, 0.717) is 6.04 Å². The minimum Gasteiger partial charge on any atom is -0.492 e. The largest absolute Gasteiger partial charge is 0.492 e. The van der Waals surface area contributed by atoms with E-state index in [1.807, 2.05) is 0 Å². The molecular formula is C18H29NO. The molecule has 2 heteroatoms. The Hall–Kier alpha value is -1.02. The molecule has 0 saturated heterocycles. The van der Waals surface area contributed by atoms with E-state index in [-0.39, 0.29) is 0 Å². The second-order valence-electron chi connectivity index (χ2n) is 6.50. The van der Waals surface area contributed by atoms with Crippen LogP contribution in [0.15, 0.2) is 12.1 Å². The van der Waals surface area contributed by atoms with E-state index >= 15 is 0 Å². The highest BCUT2D eigenvalue weighted by atomic mass is 16.5. The first kappa shape index (κ1) is 15.4. The van der Waals surface area contributed by atoms with Crippen LogP contribution in [0.4, 0.5) is 0 Å². The molecule has 0 amide bonds. The van der Waals surface area contributed by atoms with Crippen molar-refractivity contribution < 1.29 is 4.74 Å². The Morgan fingerprint density at radius 3 is 2.50 bits per heavy atom. The van der Waals surface area contributed by atoms with Crippen LogP contribution < -0.4 is 10.1 Å². The van der Waals surface area contributed by atoms with Crippen LogP contribution in [0.2, 0.25) is 0 Å². The summed E-state index contributed by atoms with van der Waals surface area (Å²) in [6.07, 6.45) is 5.42. The lowest BCUT2D eigenvalue weighted by atomic mass is 9.87. The molecule has 2 atom stereocenters. The van der Waals surface area contributed by atoms with E-state index < -0.39 is 0 Å². The molecule has 1 aliphatic rings. The van der Waals surface area contributed by atoms with Gasteiger partial charge in [-0.05, 0) is 50.7 Å². The maximum absolute atomic E-state index is 5.98. The van der Waals surface area contributed by atoms with Gasteiger partial charge in [-0.3, -0.25) is 0 Å². The van der Waals surface area contributed by atoms with Crippen LogP contribution in [0, 0.1) is 26.7 Å². The Balaban J connectivity index is 1.76. The van der Waals surface area contributed by atoms with E-state index in [1.165, 1.54) is 42.4 Å². The third kappa shape index (κ3) is 4.24. The minimum absolute atomic E-state index is 0.697. The maximum Gasteiger partial charge on any atom is 0.125 e. The normalized spacial score (nSPS) is 22.8. The van der Waals surface area contributed by atoms with Gasteiger partial charge in [-0.2, -0.15) is 0 Å². The summed E-state index contributed by atoms with van der Waals surface area (Å²) >= 11 is 0. The van der Waals surface area contributed by atoms with Gasteiger partial charge in [0.05, 0.1) is 0 Å². The van der Waals surface area contributed by atoms with Crippen molar-refractivity contribution in [2.45, 2.75) is 59.4 Å². The Labute approximate surface area is 123 Å². The molecule has 1 aromatic carbocycles. The van der Waals surface area contributed by atoms with Gasteiger partial charge < -0.3 is 10.1 Å². The van der Waals surface area contributed by atoms with Crippen LogP contribution in [0.25, 0.3) is 0 Å². The number of hydrogen-bond acceptors (Lipinski definition) is 2. The van der Waals surface area contributed by atoms with Gasteiger partial charge in [-0.15, -0.1) is 0 Å². The lowest BCUT2D eigenvalue weighted by molar-refractivity contribution is 0.265. The fourth-order valence-electron chi connectivity index (χ4n) is 3.43. The molecule has 1 saturated carbocycles. The standard InChI is InChI=1S/C18H29NO/c1-13-6-5-7-17(12-13)19-8-9-20-18-15(3)10-14(2)11-16(18)4/h10-11,13,17,19H,5-9,12H2,1-4H3. The topological polar surface area (TPSA) is 21.3 Å². The molecule has 20 heavy (non-hydrogen) atoms. The van der Waals surface area contributed by atoms with Gasteiger partial charge in [0.2, 0.25) is 0 Å². The summed E-state index contributed by atoms with van der Waals surface area (Å²) in [4.78, 5) is 0. The summed E-state index contributed by atoms with van der Waals surface area (Å²) in [7, 11) is 0. The number of ether oxygens (including phenoxy) is 1. The first-order valence-electron chi connectivity index (χ1n) is 8.00. The van der Waals surface area contributed by atoms with Gasteiger partial charge in [0.1, 0.15) is 12.4 Å². The predicted molar refractivity (Wildman–Crippen MR) is 85.6 cm³/mol. The van der Waals surface area contributed by atoms with E-state index in [4.69, 9.17) is 4.74 Å². The van der Waals surface area contributed by atoms with E-state index in [0.717, 1.165) is 24.8 Å². The quantitative estimate of drug-likeness (QED) is 0.815. The minimum atomic E-state index is 0.697. The fourth-order valence-corrected chi connectivity index (χ4v) is 3.43. The van der Waals surface area contributed by atoms with Gasteiger partial charge in [0.25, 0.3) is 0 Å². The maximum atomic E-state index is 5.98. The lowest BCUT2D eigenvalue weighted by Gasteiger charge is -2.27. The molecule has 2 nitrogen and oxygen atoms in total. The third-order valence-corrected chi connectivity index (χ3v) is 4.32. The van der Waals surface area contributed by atoms with Gasteiger partial charge in [0.15, 0.2) is 0 Å². The van der Waals surface area contributed by atoms with Crippen LogP contribution in [-0.4, -0.2) is 19.2 Å². The summed E-state index contributed by atoms with van der Waals surface area (Å²) in [5.41, 5.74) is 3.80. The SMILES string of the molecule is Cc1cc(C)c(OCCNC2CCCC(C)C2)c(C)c1. The summed E-state index contributed by atoms with van der Waals surface area (Å²) in [5.74, 6) is 1.94. The number of nitrogens with one attached hydrogen (secondary N) is 1. The molecule has 1 aromatic rings. The summed E-state index contributed by atoms with van der Waals surface area (Å²) in [5, 5.41) is 3.65. The van der Waals surface area contributed by atoms with Crippen molar-refractivity contribution in [3.8, 4) is 5.75 Å².